The summed E-state index contributed by atoms with van der Waals surface area (Å²) < 4.78 is 0. The lowest BCUT2D eigenvalue weighted by atomic mass is 10.0. The maximum absolute atomic E-state index is 12.2. The fourth-order valence-corrected chi connectivity index (χ4v) is 2.71. The van der Waals surface area contributed by atoms with Crippen molar-refractivity contribution in [1.82, 2.24) is 4.90 Å². The molecule has 0 radical (unpaired) electrons. The van der Waals surface area contributed by atoms with E-state index in [9.17, 15) is 9.59 Å². The highest BCUT2D eigenvalue weighted by atomic mass is 16.2. The zero-order chi connectivity index (χ0) is 16.3. The van der Waals surface area contributed by atoms with Crippen LogP contribution in [0.1, 0.15) is 45.6 Å². The van der Waals surface area contributed by atoms with Crippen molar-refractivity contribution in [3.05, 3.63) is 29.8 Å². The molecule has 1 saturated carbocycles. The molecule has 0 aromatic heterocycles. The van der Waals surface area contributed by atoms with Crippen LogP contribution in [0.15, 0.2) is 24.3 Å². The minimum absolute atomic E-state index is 0.0391. The van der Waals surface area contributed by atoms with E-state index in [1.165, 1.54) is 5.56 Å². The van der Waals surface area contributed by atoms with Gasteiger partial charge in [-0.05, 0) is 43.9 Å². The molecule has 1 aromatic carbocycles. The second-order valence-electron chi connectivity index (χ2n) is 6.23. The van der Waals surface area contributed by atoms with Crippen LogP contribution in [0.4, 0.5) is 5.69 Å². The fraction of sp³-hybridized carbons (Fsp3) is 0.556. The normalized spacial score (nSPS) is 19.9. The second kappa shape index (κ2) is 6.95. The van der Waals surface area contributed by atoms with Gasteiger partial charge in [-0.3, -0.25) is 9.59 Å². The van der Waals surface area contributed by atoms with E-state index in [0.717, 1.165) is 5.69 Å². The monoisotopic (exact) mass is 302 g/mol. The number of rotatable bonds is 6. The summed E-state index contributed by atoms with van der Waals surface area (Å²) in [6.45, 7) is 9.63. The number of nitrogens with zero attached hydrogens (tertiary/aromatic N) is 1. The van der Waals surface area contributed by atoms with E-state index in [-0.39, 0.29) is 23.7 Å². The number of amides is 2. The predicted octanol–water partition coefficient (Wildman–Crippen LogP) is 3.25. The minimum Gasteiger partial charge on any atom is -0.343 e. The van der Waals surface area contributed by atoms with E-state index in [0.29, 0.717) is 25.4 Å². The van der Waals surface area contributed by atoms with E-state index in [4.69, 9.17) is 0 Å². The summed E-state index contributed by atoms with van der Waals surface area (Å²) >= 11 is 0. The van der Waals surface area contributed by atoms with E-state index in [1.807, 2.05) is 38.1 Å². The van der Waals surface area contributed by atoms with Crippen molar-refractivity contribution < 1.29 is 9.59 Å². The summed E-state index contributed by atoms with van der Waals surface area (Å²) in [6, 6.07) is 7.92. The molecule has 22 heavy (non-hydrogen) atoms. The highest BCUT2D eigenvalue weighted by Gasteiger charge is 2.49. The third-order valence-corrected chi connectivity index (χ3v) is 4.36. The number of hydrogen-bond acceptors (Lipinski definition) is 2. The quantitative estimate of drug-likeness (QED) is 0.877. The van der Waals surface area contributed by atoms with Crippen LogP contribution in [0.25, 0.3) is 0 Å². The van der Waals surface area contributed by atoms with Crippen LogP contribution in [0.5, 0.6) is 0 Å². The molecule has 2 amide bonds. The van der Waals surface area contributed by atoms with Crippen molar-refractivity contribution in [1.29, 1.82) is 0 Å². The minimum atomic E-state index is -0.169. The lowest BCUT2D eigenvalue weighted by molar-refractivity contribution is -0.133. The summed E-state index contributed by atoms with van der Waals surface area (Å²) in [5, 5.41) is 2.92. The predicted molar refractivity (Wildman–Crippen MR) is 88.7 cm³/mol. The Kier molecular flexibility index (Phi) is 5.22. The van der Waals surface area contributed by atoms with Crippen LogP contribution in [-0.4, -0.2) is 29.8 Å². The molecular weight excluding hydrogens is 276 g/mol. The Morgan fingerprint density at radius 3 is 2.23 bits per heavy atom. The first-order valence-electron chi connectivity index (χ1n) is 8.17. The van der Waals surface area contributed by atoms with Crippen LogP contribution in [-0.2, 0) is 9.59 Å². The Morgan fingerprint density at radius 1 is 1.14 bits per heavy atom. The third-order valence-electron chi connectivity index (χ3n) is 4.36. The molecule has 0 saturated heterocycles. The van der Waals surface area contributed by atoms with Gasteiger partial charge in [-0.1, -0.05) is 26.0 Å². The van der Waals surface area contributed by atoms with Gasteiger partial charge in [0, 0.05) is 18.8 Å². The van der Waals surface area contributed by atoms with Crippen LogP contribution < -0.4 is 5.32 Å². The summed E-state index contributed by atoms with van der Waals surface area (Å²) in [7, 11) is 0. The Balaban J connectivity index is 1.90. The van der Waals surface area contributed by atoms with Crippen molar-refractivity contribution in [2.75, 3.05) is 18.4 Å². The Labute approximate surface area is 132 Å². The summed E-state index contributed by atoms with van der Waals surface area (Å²) in [6.07, 6.45) is 0.672. The molecule has 1 aliphatic rings. The first-order chi connectivity index (χ1) is 10.5. The van der Waals surface area contributed by atoms with E-state index in [1.54, 1.807) is 4.90 Å². The molecular formula is C18H26N2O2. The zero-order valence-electron chi connectivity index (χ0n) is 13.9. The molecule has 1 aliphatic carbocycles. The van der Waals surface area contributed by atoms with Crippen molar-refractivity contribution in [3.63, 3.8) is 0 Å². The smallest absolute Gasteiger partial charge is 0.228 e. The van der Waals surface area contributed by atoms with Crippen LogP contribution in [0.3, 0.4) is 0 Å². The fourth-order valence-electron chi connectivity index (χ4n) is 2.71. The molecule has 4 heteroatoms. The van der Waals surface area contributed by atoms with Gasteiger partial charge in [0.05, 0.1) is 11.8 Å². The van der Waals surface area contributed by atoms with Crippen molar-refractivity contribution in [2.45, 2.75) is 40.0 Å². The number of carbonyl (C=O) groups excluding carboxylic acids is 2. The van der Waals surface area contributed by atoms with E-state index >= 15 is 0 Å². The van der Waals surface area contributed by atoms with Crippen molar-refractivity contribution >= 4 is 17.5 Å². The highest BCUT2D eigenvalue weighted by molar-refractivity contribution is 5.99. The first kappa shape index (κ1) is 16.5. The number of hydrogen-bond donors (Lipinski definition) is 1. The molecule has 0 spiro atoms. The summed E-state index contributed by atoms with van der Waals surface area (Å²) in [5.74, 6) is 0.250. The highest BCUT2D eigenvalue weighted by Crippen LogP contribution is 2.40. The first-order valence-corrected chi connectivity index (χ1v) is 8.17. The van der Waals surface area contributed by atoms with Gasteiger partial charge in [0.25, 0.3) is 0 Å². The van der Waals surface area contributed by atoms with Gasteiger partial charge < -0.3 is 10.2 Å². The average molecular weight is 302 g/mol. The number of nitrogens with one attached hydrogen (secondary N) is 1. The molecule has 0 heterocycles. The average Bonchev–Trinajstić information content (AvgIpc) is 3.29. The zero-order valence-corrected chi connectivity index (χ0v) is 13.9. The van der Waals surface area contributed by atoms with Crippen LogP contribution >= 0.6 is 0 Å². The SMILES string of the molecule is CCN(CC)C(=O)C1CC1C(=O)Nc1ccc(C(C)C)cc1. The standard InChI is InChI=1S/C18H26N2O2/c1-5-20(6-2)18(22)16-11-15(16)17(21)19-14-9-7-13(8-10-14)12(3)4/h7-10,12,15-16H,5-6,11H2,1-4H3,(H,19,21). The maximum atomic E-state index is 12.2. The van der Waals surface area contributed by atoms with Gasteiger partial charge in [-0.25, -0.2) is 0 Å². The molecule has 2 rings (SSSR count). The molecule has 1 N–H and O–H groups in total. The Bertz CT molecular complexity index is 533. The lowest BCUT2D eigenvalue weighted by Gasteiger charge is -2.18. The molecule has 4 nitrogen and oxygen atoms in total. The maximum Gasteiger partial charge on any atom is 0.228 e. The van der Waals surface area contributed by atoms with Crippen molar-refractivity contribution in [2.24, 2.45) is 11.8 Å². The molecule has 120 valence electrons. The van der Waals surface area contributed by atoms with Crippen LogP contribution in [0.2, 0.25) is 0 Å². The van der Waals surface area contributed by atoms with Gasteiger partial charge in [0.1, 0.15) is 0 Å². The Morgan fingerprint density at radius 2 is 1.73 bits per heavy atom. The number of carbonyl (C=O) groups is 2. The second-order valence-corrected chi connectivity index (χ2v) is 6.23. The summed E-state index contributed by atoms with van der Waals surface area (Å²) in [4.78, 5) is 26.2. The molecule has 0 aliphatic heterocycles. The van der Waals surface area contributed by atoms with Gasteiger partial charge in [0.2, 0.25) is 11.8 Å². The third kappa shape index (κ3) is 3.67. The van der Waals surface area contributed by atoms with Crippen LogP contribution in [0, 0.1) is 11.8 Å². The van der Waals surface area contributed by atoms with Gasteiger partial charge in [-0.2, -0.15) is 0 Å². The summed E-state index contributed by atoms with van der Waals surface area (Å²) in [5.41, 5.74) is 2.05. The Hall–Kier alpha value is -1.84. The largest absolute Gasteiger partial charge is 0.343 e. The number of anilines is 1. The number of benzene rings is 1. The van der Waals surface area contributed by atoms with Gasteiger partial charge in [0.15, 0.2) is 0 Å². The van der Waals surface area contributed by atoms with Gasteiger partial charge >= 0.3 is 0 Å². The molecule has 2 unspecified atom stereocenters. The molecule has 1 aromatic rings. The molecule has 1 fully saturated rings. The molecule has 0 bridgehead atoms. The van der Waals surface area contributed by atoms with Gasteiger partial charge in [-0.15, -0.1) is 0 Å². The van der Waals surface area contributed by atoms with E-state index < -0.39 is 0 Å². The topological polar surface area (TPSA) is 49.4 Å². The molecule has 2 atom stereocenters. The lowest BCUT2D eigenvalue weighted by Crippen LogP contribution is -2.33. The van der Waals surface area contributed by atoms with Crippen molar-refractivity contribution in [3.8, 4) is 0 Å². The van der Waals surface area contributed by atoms with E-state index in [2.05, 4.69) is 19.2 Å².